The first-order chi connectivity index (χ1) is 7.24. The number of carbonyl (C=O) groups is 1. The number of carbonyl (C=O) groups excluding carboxylic acids is 1. The molecule has 0 amide bonds. The van der Waals surface area contributed by atoms with E-state index in [0.29, 0.717) is 0 Å². The van der Waals surface area contributed by atoms with E-state index in [1.54, 1.807) is 0 Å². The molecule has 0 unspecified atom stereocenters. The second-order valence-electron chi connectivity index (χ2n) is 4.63. The van der Waals surface area contributed by atoms with Crippen molar-refractivity contribution >= 4 is 6.29 Å². The van der Waals surface area contributed by atoms with Gasteiger partial charge in [0.2, 0.25) is 0 Å². The first-order valence-electron chi connectivity index (χ1n) is 5.63. The second kappa shape index (κ2) is 4.13. The molecule has 1 aliphatic carbocycles. The number of hydrogen-bond acceptors (Lipinski definition) is 2. The smallest absolute Gasteiger partial charge is 0.126 e. The van der Waals surface area contributed by atoms with Crippen LogP contribution in [0.15, 0.2) is 18.2 Å². The van der Waals surface area contributed by atoms with Gasteiger partial charge in [0.15, 0.2) is 0 Å². The summed E-state index contributed by atoms with van der Waals surface area (Å²) in [4.78, 5) is 15.7. The fourth-order valence-corrected chi connectivity index (χ4v) is 2.47. The Morgan fingerprint density at radius 1 is 1.40 bits per heavy atom. The highest BCUT2D eigenvalue weighted by atomic mass is 16.1. The standard InChI is InChI=1S/C13H17NO/c1-11-5-4-6-12(14-11)9-13(10-15)7-2-3-8-13/h4-6,10H,2-3,7-9H2,1H3. The van der Waals surface area contributed by atoms with Gasteiger partial charge in [-0.3, -0.25) is 4.98 Å². The van der Waals surface area contributed by atoms with Crippen molar-refractivity contribution in [1.29, 1.82) is 0 Å². The maximum Gasteiger partial charge on any atom is 0.126 e. The molecule has 2 rings (SSSR count). The minimum absolute atomic E-state index is 0.110. The molecule has 80 valence electrons. The lowest BCUT2D eigenvalue weighted by molar-refractivity contribution is -0.116. The number of hydrogen-bond donors (Lipinski definition) is 0. The minimum Gasteiger partial charge on any atom is -0.303 e. The summed E-state index contributed by atoms with van der Waals surface area (Å²) in [6, 6.07) is 6.04. The molecule has 1 fully saturated rings. The molecule has 1 aromatic rings. The van der Waals surface area contributed by atoms with Gasteiger partial charge in [0.05, 0.1) is 0 Å². The summed E-state index contributed by atoms with van der Waals surface area (Å²) in [5.74, 6) is 0. The molecule has 2 heteroatoms. The fourth-order valence-electron chi connectivity index (χ4n) is 2.47. The number of rotatable bonds is 3. The van der Waals surface area contributed by atoms with Gasteiger partial charge >= 0.3 is 0 Å². The number of pyridine rings is 1. The van der Waals surface area contributed by atoms with Crippen LogP contribution in [0.1, 0.15) is 37.1 Å². The van der Waals surface area contributed by atoms with E-state index in [1.165, 1.54) is 12.8 Å². The zero-order chi connectivity index (χ0) is 10.7. The van der Waals surface area contributed by atoms with E-state index < -0.39 is 0 Å². The fraction of sp³-hybridized carbons (Fsp3) is 0.538. The van der Waals surface area contributed by atoms with Gasteiger partial charge in [-0.25, -0.2) is 0 Å². The molecular weight excluding hydrogens is 186 g/mol. The lowest BCUT2D eigenvalue weighted by atomic mass is 9.83. The zero-order valence-corrected chi connectivity index (χ0v) is 9.20. The normalized spacial score (nSPS) is 19.0. The Morgan fingerprint density at radius 2 is 2.13 bits per heavy atom. The number of aryl methyl sites for hydroxylation is 1. The number of aldehydes is 1. The molecule has 1 aromatic heterocycles. The van der Waals surface area contributed by atoms with Crippen LogP contribution in [0.5, 0.6) is 0 Å². The van der Waals surface area contributed by atoms with Gasteiger partial charge in [0, 0.05) is 23.2 Å². The molecule has 1 heterocycles. The van der Waals surface area contributed by atoms with E-state index in [2.05, 4.69) is 4.98 Å². The van der Waals surface area contributed by atoms with Gasteiger partial charge in [-0.05, 0) is 31.9 Å². The van der Waals surface area contributed by atoms with Gasteiger partial charge in [-0.2, -0.15) is 0 Å². The van der Waals surface area contributed by atoms with Gasteiger partial charge in [-0.1, -0.05) is 18.9 Å². The average Bonchev–Trinajstić information content (AvgIpc) is 2.67. The molecule has 0 N–H and O–H groups in total. The first kappa shape index (κ1) is 10.3. The van der Waals surface area contributed by atoms with Crippen LogP contribution in [0.25, 0.3) is 0 Å². The molecular formula is C13H17NO. The highest BCUT2D eigenvalue weighted by molar-refractivity contribution is 5.60. The van der Waals surface area contributed by atoms with E-state index in [4.69, 9.17) is 0 Å². The predicted molar refractivity (Wildman–Crippen MR) is 59.6 cm³/mol. The van der Waals surface area contributed by atoms with Crippen molar-refractivity contribution in [2.45, 2.75) is 39.0 Å². The van der Waals surface area contributed by atoms with Crippen LogP contribution >= 0.6 is 0 Å². The summed E-state index contributed by atoms with van der Waals surface area (Å²) >= 11 is 0. The van der Waals surface area contributed by atoms with Gasteiger partial charge < -0.3 is 4.79 Å². The highest BCUT2D eigenvalue weighted by Crippen LogP contribution is 2.38. The molecule has 0 aromatic carbocycles. The van der Waals surface area contributed by atoms with E-state index in [9.17, 15) is 4.79 Å². The van der Waals surface area contributed by atoms with Crippen LogP contribution in [0.3, 0.4) is 0 Å². The van der Waals surface area contributed by atoms with Crippen molar-refractivity contribution in [1.82, 2.24) is 4.98 Å². The van der Waals surface area contributed by atoms with E-state index in [0.717, 1.165) is 36.9 Å². The quantitative estimate of drug-likeness (QED) is 0.707. The van der Waals surface area contributed by atoms with Gasteiger partial charge in [0.25, 0.3) is 0 Å². The maximum absolute atomic E-state index is 11.2. The molecule has 0 spiro atoms. The molecule has 0 saturated heterocycles. The average molecular weight is 203 g/mol. The third-order valence-corrected chi connectivity index (χ3v) is 3.33. The molecule has 1 aliphatic rings. The SMILES string of the molecule is Cc1cccc(CC2(C=O)CCCC2)n1. The number of aromatic nitrogens is 1. The van der Waals surface area contributed by atoms with E-state index >= 15 is 0 Å². The van der Waals surface area contributed by atoms with Crippen LogP contribution in [0.4, 0.5) is 0 Å². The van der Waals surface area contributed by atoms with Crippen molar-refractivity contribution in [3.05, 3.63) is 29.6 Å². The summed E-state index contributed by atoms with van der Waals surface area (Å²) < 4.78 is 0. The third kappa shape index (κ3) is 2.25. The monoisotopic (exact) mass is 203 g/mol. The Bertz CT molecular complexity index is 353. The summed E-state index contributed by atoms with van der Waals surface area (Å²) in [6.07, 6.45) is 6.41. The van der Waals surface area contributed by atoms with Crippen molar-refractivity contribution in [3.63, 3.8) is 0 Å². The van der Waals surface area contributed by atoms with Crippen molar-refractivity contribution < 1.29 is 4.79 Å². The summed E-state index contributed by atoms with van der Waals surface area (Å²) in [7, 11) is 0. The Morgan fingerprint density at radius 3 is 2.73 bits per heavy atom. The Labute approximate surface area is 90.7 Å². The Hall–Kier alpha value is -1.18. The lowest BCUT2D eigenvalue weighted by Crippen LogP contribution is -2.22. The zero-order valence-electron chi connectivity index (χ0n) is 9.20. The maximum atomic E-state index is 11.2. The number of nitrogens with zero attached hydrogens (tertiary/aromatic N) is 1. The molecule has 0 atom stereocenters. The van der Waals surface area contributed by atoms with Gasteiger partial charge in [-0.15, -0.1) is 0 Å². The summed E-state index contributed by atoms with van der Waals surface area (Å²) in [5, 5.41) is 0. The molecule has 15 heavy (non-hydrogen) atoms. The first-order valence-corrected chi connectivity index (χ1v) is 5.63. The van der Waals surface area contributed by atoms with E-state index in [-0.39, 0.29) is 5.41 Å². The largest absolute Gasteiger partial charge is 0.303 e. The van der Waals surface area contributed by atoms with Crippen LogP contribution in [0, 0.1) is 12.3 Å². The summed E-state index contributed by atoms with van der Waals surface area (Å²) in [6.45, 7) is 1.99. The molecule has 1 saturated carbocycles. The minimum atomic E-state index is -0.110. The van der Waals surface area contributed by atoms with Crippen LogP contribution in [-0.2, 0) is 11.2 Å². The Balaban J connectivity index is 2.16. The van der Waals surface area contributed by atoms with E-state index in [1.807, 2.05) is 25.1 Å². The molecule has 2 nitrogen and oxygen atoms in total. The summed E-state index contributed by atoms with van der Waals surface area (Å²) in [5.41, 5.74) is 1.98. The van der Waals surface area contributed by atoms with Crippen LogP contribution in [-0.4, -0.2) is 11.3 Å². The predicted octanol–water partition coefficient (Wildman–Crippen LogP) is 2.69. The Kier molecular flexibility index (Phi) is 2.85. The molecule has 0 radical (unpaired) electrons. The molecule has 0 bridgehead atoms. The lowest BCUT2D eigenvalue weighted by Gasteiger charge is -2.21. The van der Waals surface area contributed by atoms with Crippen molar-refractivity contribution in [2.24, 2.45) is 5.41 Å². The van der Waals surface area contributed by atoms with Crippen molar-refractivity contribution in [2.75, 3.05) is 0 Å². The van der Waals surface area contributed by atoms with Gasteiger partial charge in [0.1, 0.15) is 6.29 Å². The van der Waals surface area contributed by atoms with Crippen molar-refractivity contribution in [3.8, 4) is 0 Å². The highest BCUT2D eigenvalue weighted by Gasteiger charge is 2.33. The molecule has 0 aliphatic heterocycles. The topological polar surface area (TPSA) is 30.0 Å². The second-order valence-corrected chi connectivity index (χ2v) is 4.63. The van der Waals surface area contributed by atoms with Crippen LogP contribution in [0.2, 0.25) is 0 Å². The van der Waals surface area contributed by atoms with Crippen LogP contribution < -0.4 is 0 Å². The third-order valence-electron chi connectivity index (χ3n) is 3.33.